The molecule has 0 aromatic carbocycles. The third kappa shape index (κ3) is 3.78. The van der Waals surface area contributed by atoms with E-state index in [0.717, 1.165) is 38.6 Å². The van der Waals surface area contributed by atoms with E-state index in [0.29, 0.717) is 5.92 Å². The van der Waals surface area contributed by atoms with E-state index in [-0.39, 0.29) is 11.9 Å². The first-order chi connectivity index (χ1) is 10.2. The molecule has 2 saturated carbocycles. The number of piperazine rings is 1. The van der Waals surface area contributed by atoms with Crippen molar-refractivity contribution >= 4 is 5.91 Å². The first kappa shape index (κ1) is 15.3. The van der Waals surface area contributed by atoms with Crippen LogP contribution in [0.15, 0.2) is 0 Å². The van der Waals surface area contributed by atoms with Crippen molar-refractivity contribution in [3.05, 3.63) is 0 Å². The van der Waals surface area contributed by atoms with Crippen LogP contribution in [-0.2, 0) is 4.79 Å². The monoisotopic (exact) mass is 293 g/mol. The van der Waals surface area contributed by atoms with E-state index in [1.807, 2.05) is 4.90 Å². The summed E-state index contributed by atoms with van der Waals surface area (Å²) in [6.07, 6.45) is 11.6. The van der Waals surface area contributed by atoms with Crippen LogP contribution in [0.3, 0.4) is 0 Å². The first-order valence-corrected chi connectivity index (χ1v) is 9.02. The van der Waals surface area contributed by atoms with E-state index < -0.39 is 0 Å². The van der Waals surface area contributed by atoms with Gasteiger partial charge < -0.3 is 10.6 Å². The van der Waals surface area contributed by atoms with E-state index in [1.165, 1.54) is 51.4 Å². The Hall–Kier alpha value is -0.610. The molecule has 0 aromatic heterocycles. The molecule has 3 fully saturated rings. The van der Waals surface area contributed by atoms with Gasteiger partial charge in [0.15, 0.2) is 0 Å². The Morgan fingerprint density at radius 3 is 2.19 bits per heavy atom. The summed E-state index contributed by atoms with van der Waals surface area (Å²) in [6.45, 7) is 3.86. The maximum Gasteiger partial charge on any atom is 0.239 e. The third-order valence-electron chi connectivity index (χ3n) is 5.85. The van der Waals surface area contributed by atoms with Crippen molar-refractivity contribution in [1.82, 2.24) is 9.80 Å². The number of rotatable bonds is 4. The van der Waals surface area contributed by atoms with Crippen LogP contribution in [0.2, 0.25) is 0 Å². The van der Waals surface area contributed by atoms with Gasteiger partial charge >= 0.3 is 0 Å². The molecule has 1 unspecified atom stereocenters. The Kier molecular flexibility index (Phi) is 5.17. The van der Waals surface area contributed by atoms with Gasteiger partial charge in [0.1, 0.15) is 0 Å². The summed E-state index contributed by atoms with van der Waals surface area (Å²) in [5.41, 5.74) is 6.21. The lowest BCUT2D eigenvalue weighted by atomic mass is 9.84. The van der Waals surface area contributed by atoms with Gasteiger partial charge in [0, 0.05) is 32.2 Å². The van der Waals surface area contributed by atoms with Gasteiger partial charge in [-0.25, -0.2) is 0 Å². The molecule has 120 valence electrons. The molecule has 0 spiro atoms. The number of hydrogen-bond donors (Lipinski definition) is 1. The lowest BCUT2D eigenvalue weighted by molar-refractivity contribution is -0.135. The van der Waals surface area contributed by atoms with Gasteiger partial charge in [-0.1, -0.05) is 38.5 Å². The molecule has 4 heteroatoms. The number of nitrogens with zero attached hydrogens (tertiary/aromatic N) is 2. The van der Waals surface area contributed by atoms with Crippen molar-refractivity contribution in [1.29, 1.82) is 0 Å². The van der Waals surface area contributed by atoms with E-state index in [4.69, 9.17) is 5.73 Å². The zero-order valence-electron chi connectivity index (χ0n) is 13.3. The van der Waals surface area contributed by atoms with Crippen molar-refractivity contribution in [2.24, 2.45) is 11.7 Å². The average Bonchev–Trinajstić information content (AvgIpc) is 2.46. The van der Waals surface area contributed by atoms with Crippen molar-refractivity contribution in [3.63, 3.8) is 0 Å². The molecule has 0 radical (unpaired) electrons. The molecule has 21 heavy (non-hydrogen) atoms. The molecule has 3 aliphatic rings. The van der Waals surface area contributed by atoms with Crippen LogP contribution < -0.4 is 5.73 Å². The second-order valence-electron chi connectivity index (χ2n) is 7.29. The van der Waals surface area contributed by atoms with Crippen LogP contribution in [-0.4, -0.2) is 54.0 Å². The van der Waals surface area contributed by atoms with Gasteiger partial charge in [-0.15, -0.1) is 0 Å². The van der Waals surface area contributed by atoms with Crippen LogP contribution in [0.25, 0.3) is 0 Å². The summed E-state index contributed by atoms with van der Waals surface area (Å²) >= 11 is 0. The van der Waals surface area contributed by atoms with Gasteiger partial charge in [-0.3, -0.25) is 9.69 Å². The Morgan fingerprint density at radius 2 is 1.62 bits per heavy atom. The lowest BCUT2D eigenvalue weighted by Gasteiger charge is -2.43. The van der Waals surface area contributed by atoms with Gasteiger partial charge in [0.2, 0.25) is 5.91 Å². The fourth-order valence-electron chi connectivity index (χ4n) is 4.18. The zero-order chi connectivity index (χ0) is 14.7. The summed E-state index contributed by atoms with van der Waals surface area (Å²) in [6, 6.07) is 0.543. The van der Waals surface area contributed by atoms with Crippen LogP contribution >= 0.6 is 0 Å². The summed E-state index contributed by atoms with van der Waals surface area (Å²) in [5, 5.41) is 0. The Bertz CT molecular complexity index is 342. The first-order valence-electron chi connectivity index (χ1n) is 9.02. The molecule has 1 aliphatic heterocycles. The highest BCUT2D eigenvalue weighted by Gasteiger charge is 2.31. The topological polar surface area (TPSA) is 49.6 Å². The van der Waals surface area contributed by atoms with E-state index >= 15 is 0 Å². The van der Waals surface area contributed by atoms with Gasteiger partial charge in [-0.05, 0) is 25.2 Å². The maximum atomic E-state index is 12.5. The number of amides is 1. The summed E-state index contributed by atoms with van der Waals surface area (Å²) < 4.78 is 0. The second kappa shape index (κ2) is 7.10. The lowest BCUT2D eigenvalue weighted by Crippen LogP contribution is -2.56. The molecule has 1 saturated heterocycles. The van der Waals surface area contributed by atoms with Gasteiger partial charge in [0.05, 0.1) is 6.04 Å². The second-order valence-corrected chi connectivity index (χ2v) is 7.29. The highest BCUT2D eigenvalue weighted by molar-refractivity contribution is 5.81. The molecule has 1 heterocycles. The smallest absolute Gasteiger partial charge is 0.239 e. The standard InChI is InChI=1S/C17H31N3O/c18-16(13-14-5-2-1-3-6-14)17(21)20-11-9-19(10-12-20)15-7-4-8-15/h14-16H,1-13,18H2. The van der Waals surface area contributed by atoms with Gasteiger partial charge in [0.25, 0.3) is 0 Å². The fraction of sp³-hybridized carbons (Fsp3) is 0.941. The summed E-state index contributed by atoms with van der Waals surface area (Å²) in [5.74, 6) is 0.891. The molecule has 1 atom stereocenters. The van der Waals surface area contributed by atoms with Crippen molar-refractivity contribution in [2.75, 3.05) is 26.2 Å². The van der Waals surface area contributed by atoms with Crippen LogP contribution in [0, 0.1) is 5.92 Å². The minimum absolute atomic E-state index is 0.203. The normalized spacial score (nSPS) is 27.4. The molecular weight excluding hydrogens is 262 g/mol. The fourth-order valence-corrected chi connectivity index (χ4v) is 4.18. The SMILES string of the molecule is NC(CC1CCCCC1)C(=O)N1CCN(C2CCC2)CC1. The maximum absolute atomic E-state index is 12.5. The molecule has 3 rings (SSSR count). The average molecular weight is 293 g/mol. The number of carbonyl (C=O) groups excluding carboxylic acids is 1. The van der Waals surface area contributed by atoms with Gasteiger partial charge in [-0.2, -0.15) is 0 Å². The summed E-state index contributed by atoms with van der Waals surface area (Å²) in [7, 11) is 0. The Morgan fingerprint density at radius 1 is 0.952 bits per heavy atom. The van der Waals surface area contributed by atoms with Crippen LogP contribution in [0.5, 0.6) is 0 Å². The zero-order valence-corrected chi connectivity index (χ0v) is 13.3. The molecule has 1 amide bonds. The molecule has 0 aromatic rings. The highest BCUT2D eigenvalue weighted by atomic mass is 16.2. The molecule has 4 nitrogen and oxygen atoms in total. The predicted molar refractivity (Wildman–Crippen MR) is 85.0 cm³/mol. The Balaban J connectivity index is 1.42. The van der Waals surface area contributed by atoms with Crippen molar-refractivity contribution in [2.45, 2.75) is 69.9 Å². The van der Waals surface area contributed by atoms with E-state index in [9.17, 15) is 4.79 Å². The minimum atomic E-state index is -0.261. The molecule has 2 N–H and O–H groups in total. The largest absolute Gasteiger partial charge is 0.339 e. The van der Waals surface area contributed by atoms with Crippen molar-refractivity contribution in [3.8, 4) is 0 Å². The van der Waals surface area contributed by atoms with E-state index in [1.54, 1.807) is 0 Å². The Labute approximate surface area is 129 Å². The predicted octanol–water partition coefficient (Wildman–Crippen LogP) is 1.98. The van der Waals surface area contributed by atoms with Crippen LogP contribution in [0.4, 0.5) is 0 Å². The minimum Gasteiger partial charge on any atom is -0.339 e. The van der Waals surface area contributed by atoms with E-state index in [2.05, 4.69) is 4.90 Å². The molecular formula is C17H31N3O. The number of nitrogens with two attached hydrogens (primary N) is 1. The highest BCUT2D eigenvalue weighted by Crippen LogP contribution is 2.28. The summed E-state index contributed by atoms with van der Waals surface area (Å²) in [4.78, 5) is 17.1. The number of carbonyl (C=O) groups is 1. The van der Waals surface area contributed by atoms with Crippen LogP contribution in [0.1, 0.15) is 57.8 Å². The number of hydrogen-bond acceptors (Lipinski definition) is 3. The quantitative estimate of drug-likeness (QED) is 0.862. The van der Waals surface area contributed by atoms with Crippen molar-refractivity contribution < 1.29 is 4.79 Å². The third-order valence-corrected chi connectivity index (χ3v) is 5.85. The molecule has 0 bridgehead atoms. The molecule has 2 aliphatic carbocycles.